The summed E-state index contributed by atoms with van der Waals surface area (Å²) in [5.74, 6) is -0.0262. The number of anilines is 1. The third kappa shape index (κ3) is 4.64. The van der Waals surface area contributed by atoms with Crippen molar-refractivity contribution in [1.82, 2.24) is 19.4 Å². The van der Waals surface area contributed by atoms with Crippen LogP contribution in [0.5, 0.6) is 0 Å². The highest BCUT2D eigenvalue weighted by Crippen LogP contribution is 2.45. The summed E-state index contributed by atoms with van der Waals surface area (Å²) in [6.07, 6.45) is 3.46. The number of hydrogen-bond acceptors (Lipinski definition) is 5. The standard InChI is InChI=1S/C20H27N5O4S/c1-12(2)25-9-8-17(22-25)30(28,29)23-20(27)21-18-15(14-6-7-14)10-13(3)11-16(18)19(26)24(4)5/h8-12,14H,6-7H2,1-5H3,(H2,21,23,27). The molecule has 1 saturated carbocycles. The quantitative estimate of drug-likeness (QED) is 0.727. The molecule has 10 heteroatoms. The van der Waals surface area contributed by atoms with Crippen LogP contribution in [-0.2, 0) is 10.0 Å². The summed E-state index contributed by atoms with van der Waals surface area (Å²) >= 11 is 0. The Bertz CT molecular complexity index is 1080. The maximum atomic E-state index is 12.7. The van der Waals surface area contributed by atoms with Gasteiger partial charge in [0.25, 0.3) is 15.9 Å². The number of carbonyl (C=O) groups is 2. The Labute approximate surface area is 176 Å². The van der Waals surface area contributed by atoms with E-state index in [4.69, 9.17) is 0 Å². The van der Waals surface area contributed by atoms with Crippen molar-refractivity contribution in [3.8, 4) is 0 Å². The van der Waals surface area contributed by atoms with E-state index in [1.165, 1.54) is 21.8 Å². The number of sulfonamides is 1. The van der Waals surface area contributed by atoms with Crippen LogP contribution in [-0.4, -0.2) is 49.1 Å². The molecule has 1 aliphatic rings. The van der Waals surface area contributed by atoms with Gasteiger partial charge >= 0.3 is 6.03 Å². The van der Waals surface area contributed by atoms with Gasteiger partial charge in [-0.3, -0.25) is 9.48 Å². The molecule has 0 bridgehead atoms. The second-order valence-electron chi connectivity index (χ2n) is 8.04. The van der Waals surface area contributed by atoms with Crippen LogP contribution in [0.25, 0.3) is 0 Å². The van der Waals surface area contributed by atoms with Gasteiger partial charge < -0.3 is 10.2 Å². The molecule has 0 atom stereocenters. The first-order valence-corrected chi connectivity index (χ1v) is 11.2. The minimum absolute atomic E-state index is 0.0176. The minimum Gasteiger partial charge on any atom is -0.345 e. The number of aromatic nitrogens is 2. The lowest BCUT2D eigenvalue weighted by atomic mass is 9.99. The molecule has 30 heavy (non-hydrogen) atoms. The average Bonchev–Trinajstić information content (AvgIpc) is 3.35. The van der Waals surface area contributed by atoms with E-state index < -0.39 is 16.1 Å². The third-order valence-electron chi connectivity index (χ3n) is 4.82. The first-order chi connectivity index (χ1) is 14.0. The van der Waals surface area contributed by atoms with Crippen LogP contribution in [0.1, 0.15) is 60.1 Å². The van der Waals surface area contributed by atoms with Crippen LogP contribution in [0.4, 0.5) is 10.5 Å². The molecular weight excluding hydrogens is 406 g/mol. The van der Waals surface area contributed by atoms with Crippen molar-refractivity contribution in [2.75, 3.05) is 19.4 Å². The maximum Gasteiger partial charge on any atom is 0.333 e. The third-order valence-corrected chi connectivity index (χ3v) is 6.04. The molecule has 1 aliphatic carbocycles. The van der Waals surface area contributed by atoms with E-state index in [0.29, 0.717) is 11.3 Å². The lowest BCUT2D eigenvalue weighted by molar-refractivity contribution is 0.0828. The predicted molar refractivity (Wildman–Crippen MR) is 113 cm³/mol. The molecule has 0 radical (unpaired) electrons. The van der Waals surface area contributed by atoms with E-state index >= 15 is 0 Å². The number of benzene rings is 1. The zero-order valence-corrected chi connectivity index (χ0v) is 18.6. The number of carbonyl (C=O) groups excluding carboxylic acids is 2. The fourth-order valence-electron chi connectivity index (χ4n) is 3.14. The van der Waals surface area contributed by atoms with Gasteiger partial charge in [-0.2, -0.15) is 13.5 Å². The van der Waals surface area contributed by atoms with E-state index in [0.717, 1.165) is 24.0 Å². The zero-order chi connectivity index (χ0) is 22.2. The fraction of sp³-hybridized carbons (Fsp3) is 0.450. The SMILES string of the molecule is Cc1cc(C(=O)N(C)C)c(NC(=O)NS(=O)(=O)c2ccn(C(C)C)n2)c(C2CC2)c1. The van der Waals surface area contributed by atoms with Crippen LogP contribution >= 0.6 is 0 Å². The summed E-state index contributed by atoms with van der Waals surface area (Å²) in [5, 5.41) is 6.36. The monoisotopic (exact) mass is 433 g/mol. The van der Waals surface area contributed by atoms with Gasteiger partial charge in [-0.05, 0) is 62.8 Å². The second kappa shape index (κ2) is 8.10. The molecule has 0 saturated heterocycles. The zero-order valence-electron chi connectivity index (χ0n) is 17.8. The predicted octanol–water partition coefficient (Wildman–Crippen LogP) is 2.86. The molecule has 0 unspecified atom stereocenters. The molecule has 3 rings (SSSR count). The van der Waals surface area contributed by atoms with Crippen LogP contribution in [0.2, 0.25) is 0 Å². The fourth-order valence-corrected chi connectivity index (χ4v) is 3.99. The highest BCUT2D eigenvalue weighted by molar-refractivity contribution is 7.90. The van der Waals surface area contributed by atoms with Crippen molar-refractivity contribution in [3.63, 3.8) is 0 Å². The van der Waals surface area contributed by atoms with Crippen LogP contribution in [0.3, 0.4) is 0 Å². The van der Waals surface area contributed by atoms with Gasteiger partial charge in [0.05, 0.1) is 11.3 Å². The summed E-state index contributed by atoms with van der Waals surface area (Å²) < 4.78 is 28.6. The molecule has 162 valence electrons. The highest BCUT2D eigenvalue weighted by Gasteiger charge is 2.31. The molecule has 1 heterocycles. The Morgan fingerprint density at radius 3 is 2.43 bits per heavy atom. The summed E-state index contributed by atoms with van der Waals surface area (Å²) in [6, 6.07) is 4.00. The Balaban J connectivity index is 1.89. The maximum absolute atomic E-state index is 12.7. The van der Waals surface area contributed by atoms with Gasteiger partial charge in [0.15, 0.2) is 5.03 Å². The van der Waals surface area contributed by atoms with Crippen molar-refractivity contribution >= 4 is 27.6 Å². The van der Waals surface area contributed by atoms with Crippen molar-refractivity contribution in [1.29, 1.82) is 0 Å². The van der Waals surface area contributed by atoms with Gasteiger partial charge in [0, 0.05) is 26.3 Å². The number of rotatable bonds is 6. The van der Waals surface area contributed by atoms with E-state index in [9.17, 15) is 18.0 Å². The minimum atomic E-state index is -4.16. The summed E-state index contributed by atoms with van der Waals surface area (Å²) in [6.45, 7) is 5.62. The van der Waals surface area contributed by atoms with E-state index in [1.54, 1.807) is 20.2 Å². The molecule has 0 aliphatic heterocycles. The van der Waals surface area contributed by atoms with Crippen LogP contribution < -0.4 is 10.0 Å². The van der Waals surface area contributed by atoms with E-state index in [1.807, 2.05) is 31.6 Å². The highest BCUT2D eigenvalue weighted by atomic mass is 32.2. The van der Waals surface area contributed by atoms with Crippen molar-refractivity contribution in [3.05, 3.63) is 41.1 Å². The Morgan fingerprint density at radius 2 is 1.90 bits per heavy atom. The number of hydrogen-bond donors (Lipinski definition) is 2. The Morgan fingerprint density at radius 1 is 1.23 bits per heavy atom. The van der Waals surface area contributed by atoms with Gasteiger partial charge in [0.1, 0.15) is 0 Å². The lowest BCUT2D eigenvalue weighted by Crippen LogP contribution is -2.36. The molecule has 0 spiro atoms. The van der Waals surface area contributed by atoms with Crippen molar-refractivity contribution in [2.24, 2.45) is 0 Å². The molecule has 1 aromatic heterocycles. The lowest BCUT2D eigenvalue weighted by Gasteiger charge is -2.19. The van der Waals surface area contributed by atoms with Gasteiger partial charge in [0.2, 0.25) is 0 Å². The number of nitrogens with zero attached hydrogens (tertiary/aromatic N) is 3. The van der Waals surface area contributed by atoms with Gasteiger partial charge in [-0.15, -0.1) is 0 Å². The normalized spacial score (nSPS) is 13.9. The van der Waals surface area contributed by atoms with Crippen molar-refractivity contribution in [2.45, 2.75) is 50.6 Å². The van der Waals surface area contributed by atoms with Crippen LogP contribution in [0, 0.1) is 6.92 Å². The summed E-state index contributed by atoms with van der Waals surface area (Å²) in [7, 11) is -0.905. The number of nitrogens with one attached hydrogen (secondary N) is 2. The summed E-state index contributed by atoms with van der Waals surface area (Å²) in [5.41, 5.74) is 2.43. The molecule has 1 aromatic carbocycles. The smallest absolute Gasteiger partial charge is 0.333 e. The Hall–Kier alpha value is -2.88. The molecule has 2 aromatic rings. The van der Waals surface area contributed by atoms with Gasteiger partial charge in [-0.1, -0.05) is 6.07 Å². The molecule has 3 amide bonds. The second-order valence-corrected chi connectivity index (χ2v) is 9.67. The molecule has 2 N–H and O–H groups in total. The van der Waals surface area contributed by atoms with Crippen LogP contribution in [0.15, 0.2) is 29.4 Å². The number of urea groups is 1. The molecular formula is C20H27N5O4S. The van der Waals surface area contributed by atoms with E-state index in [2.05, 4.69) is 10.4 Å². The van der Waals surface area contributed by atoms with Crippen molar-refractivity contribution < 1.29 is 18.0 Å². The number of aryl methyl sites for hydroxylation is 1. The summed E-state index contributed by atoms with van der Waals surface area (Å²) in [4.78, 5) is 26.7. The Kier molecular flexibility index (Phi) is 5.89. The molecule has 9 nitrogen and oxygen atoms in total. The number of amides is 3. The van der Waals surface area contributed by atoms with Gasteiger partial charge in [-0.25, -0.2) is 9.52 Å². The first kappa shape index (κ1) is 21.8. The largest absolute Gasteiger partial charge is 0.345 e. The first-order valence-electron chi connectivity index (χ1n) is 9.74. The molecule has 1 fully saturated rings. The van der Waals surface area contributed by atoms with E-state index in [-0.39, 0.29) is 22.9 Å². The topological polar surface area (TPSA) is 113 Å². The average molecular weight is 434 g/mol.